The van der Waals surface area contributed by atoms with E-state index >= 15 is 0 Å². The molecular weight excluding hydrogens is 360 g/mol. The van der Waals surface area contributed by atoms with Gasteiger partial charge in [-0.1, -0.05) is 33.6 Å². The molecule has 0 N–H and O–H groups in total. The van der Waals surface area contributed by atoms with Gasteiger partial charge in [-0.3, -0.25) is 0 Å². The Hall–Kier alpha value is -0.653. The minimum atomic E-state index is -1.64. The van der Waals surface area contributed by atoms with Crippen molar-refractivity contribution in [1.82, 2.24) is 0 Å². The lowest BCUT2D eigenvalue weighted by atomic mass is 9.91. The van der Waals surface area contributed by atoms with Crippen LogP contribution in [0.3, 0.4) is 0 Å². The van der Waals surface area contributed by atoms with Crippen LogP contribution >= 0.6 is 11.3 Å². The summed E-state index contributed by atoms with van der Waals surface area (Å²) in [5.41, 5.74) is 0. The van der Waals surface area contributed by atoms with E-state index in [1.807, 2.05) is 6.07 Å². The van der Waals surface area contributed by atoms with E-state index in [-0.39, 0.29) is 11.0 Å². The van der Waals surface area contributed by atoms with E-state index in [0.717, 1.165) is 24.9 Å². The minimum Gasteiger partial charge on any atom is -0.465 e. The zero-order valence-corrected chi connectivity index (χ0v) is 19.2. The molecule has 3 nitrogen and oxygen atoms in total. The van der Waals surface area contributed by atoms with Crippen molar-refractivity contribution in [2.75, 3.05) is 13.7 Å². The molecule has 0 unspecified atom stereocenters. The van der Waals surface area contributed by atoms with Crippen LogP contribution in [0.15, 0.2) is 12.1 Å². The average Bonchev–Trinajstić information content (AvgIpc) is 3.20. The largest absolute Gasteiger partial charge is 0.465 e. The van der Waals surface area contributed by atoms with Crippen LogP contribution in [-0.4, -0.2) is 28.0 Å². The predicted molar refractivity (Wildman–Crippen MR) is 113 cm³/mol. The number of rotatable bonds is 8. The number of aryl methyl sites for hydroxylation is 1. The summed E-state index contributed by atoms with van der Waals surface area (Å²) in [5.74, 6) is 1.32. The Bertz CT molecular complexity index is 588. The van der Waals surface area contributed by atoms with Gasteiger partial charge in [0.15, 0.2) is 8.32 Å². The van der Waals surface area contributed by atoms with Gasteiger partial charge in [0.25, 0.3) is 0 Å². The van der Waals surface area contributed by atoms with E-state index in [9.17, 15) is 4.79 Å². The molecule has 0 amide bonds. The number of esters is 1. The SMILES string of the molecule is COC(=O)c1ccc(CCC[C@H]2CCC[C@@H]2CO[Si](C)(C)C(C)(C)C)s1. The molecule has 1 heterocycles. The number of carbonyl (C=O) groups is 1. The Morgan fingerprint density at radius 3 is 2.58 bits per heavy atom. The molecule has 1 saturated carbocycles. The Morgan fingerprint density at radius 2 is 1.92 bits per heavy atom. The summed E-state index contributed by atoms with van der Waals surface area (Å²) in [5, 5.41) is 0.289. The van der Waals surface area contributed by atoms with Crippen molar-refractivity contribution in [3.05, 3.63) is 21.9 Å². The molecule has 0 aliphatic heterocycles. The van der Waals surface area contributed by atoms with E-state index in [2.05, 4.69) is 39.9 Å². The maximum absolute atomic E-state index is 11.6. The van der Waals surface area contributed by atoms with Gasteiger partial charge in [-0.25, -0.2) is 4.79 Å². The zero-order valence-electron chi connectivity index (χ0n) is 17.4. The Balaban J connectivity index is 1.78. The van der Waals surface area contributed by atoms with Crippen LogP contribution in [0, 0.1) is 11.8 Å². The molecule has 1 aromatic heterocycles. The number of methoxy groups -OCH3 is 1. The van der Waals surface area contributed by atoms with Crippen molar-refractivity contribution in [1.29, 1.82) is 0 Å². The summed E-state index contributed by atoms with van der Waals surface area (Å²) in [4.78, 5) is 13.6. The molecule has 0 spiro atoms. The second-order valence-electron chi connectivity index (χ2n) is 9.17. The Morgan fingerprint density at radius 1 is 1.23 bits per heavy atom. The first-order valence-electron chi connectivity index (χ1n) is 9.95. The quantitative estimate of drug-likeness (QED) is 0.382. The van der Waals surface area contributed by atoms with Gasteiger partial charge in [-0.2, -0.15) is 0 Å². The van der Waals surface area contributed by atoms with Crippen molar-refractivity contribution >= 4 is 25.6 Å². The Labute approximate surface area is 164 Å². The lowest BCUT2D eigenvalue weighted by Gasteiger charge is -2.37. The van der Waals surface area contributed by atoms with Crippen molar-refractivity contribution < 1.29 is 14.0 Å². The fourth-order valence-electron chi connectivity index (χ4n) is 3.51. The predicted octanol–water partition coefficient (Wildman–Crippen LogP) is 6.30. The van der Waals surface area contributed by atoms with Gasteiger partial charge in [-0.15, -0.1) is 11.3 Å². The first-order chi connectivity index (χ1) is 12.1. The Kier molecular flexibility index (Phi) is 7.51. The lowest BCUT2D eigenvalue weighted by molar-refractivity contribution is 0.0606. The van der Waals surface area contributed by atoms with E-state index in [4.69, 9.17) is 9.16 Å². The van der Waals surface area contributed by atoms with Crippen LogP contribution in [0.2, 0.25) is 18.1 Å². The summed E-state index contributed by atoms with van der Waals surface area (Å²) in [7, 11) is -0.201. The first-order valence-corrected chi connectivity index (χ1v) is 13.7. The zero-order chi connectivity index (χ0) is 19.4. The van der Waals surface area contributed by atoms with E-state index in [1.165, 1.54) is 44.1 Å². The first kappa shape index (κ1) is 21.6. The van der Waals surface area contributed by atoms with E-state index in [0.29, 0.717) is 4.88 Å². The molecular formula is C21H36O3SSi. The molecule has 26 heavy (non-hydrogen) atoms. The molecule has 148 valence electrons. The van der Waals surface area contributed by atoms with Crippen molar-refractivity contribution in [3.63, 3.8) is 0 Å². The fraction of sp³-hybridized carbons (Fsp3) is 0.762. The molecule has 2 atom stereocenters. The van der Waals surface area contributed by atoms with Crippen LogP contribution in [0.1, 0.15) is 67.4 Å². The van der Waals surface area contributed by atoms with Gasteiger partial charge in [-0.05, 0) is 67.8 Å². The van der Waals surface area contributed by atoms with Gasteiger partial charge < -0.3 is 9.16 Å². The molecule has 1 aliphatic carbocycles. The normalized spacial score (nSPS) is 21.2. The maximum Gasteiger partial charge on any atom is 0.348 e. The summed E-state index contributed by atoms with van der Waals surface area (Å²) in [6.45, 7) is 12.6. The molecule has 5 heteroatoms. The van der Waals surface area contributed by atoms with Crippen LogP contribution in [-0.2, 0) is 15.6 Å². The monoisotopic (exact) mass is 396 g/mol. The highest BCUT2D eigenvalue weighted by Crippen LogP contribution is 2.40. The third-order valence-corrected chi connectivity index (χ3v) is 12.0. The van der Waals surface area contributed by atoms with E-state index in [1.54, 1.807) is 11.3 Å². The summed E-state index contributed by atoms with van der Waals surface area (Å²) in [6.07, 6.45) is 7.56. The lowest BCUT2D eigenvalue weighted by Crippen LogP contribution is -2.42. The highest BCUT2D eigenvalue weighted by atomic mass is 32.1. The second-order valence-corrected chi connectivity index (χ2v) is 15.1. The topological polar surface area (TPSA) is 35.5 Å². The van der Waals surface area contributed by atoms with Crippen LogP contribution in [0.4, 0.5) is 0 Å². The number of ether oxygens (including phenoxy) is 1. The smallest absolute Gasteiger partial charge is 0.348 e. The van der Waals surface area contributed by atoms with Gasteiger partial charge in [0.1, 0.15) is 4.88 Å². The molecule has 2 rings (SSSR count). The number of carbonyl (C=O) groups excluding carboxylic acids is 1. The average molecular weight is 397 g/mol. The van der Waals surface area contributed by atoms with Crippen LogP contribution in [0.25, 0.3) is 0 Å². The number of hydrogen-bond donors (Lipinski definition) is 0. The highest BCUT2D eigenvalue weighted by molar-refractivity contribution is 7.13. The van der Waals surface area contributed by atoms with Crippen molar-refractivity contribution in [2.24, 2.45) is 11.8 Å². The van der Waals surface area contributed by atoms with Gasteiger partial charge in [0.05, 0.1) is 7.11 Å². The molecule has 1 fully saturated rings. The van der Waals surface area contributed by atoms with Crippen LogP contribution < -0.4 is 0 Å². The van der Waals surface area contributed by atoms with Crippen molar-refractivity contribution in [2.45, 2.75) is 77.4 Å². The van der Waals surface area contributed by atoms with E-state index < -0.39 is 8.32 Å². The molecule has 0 bridgehead atoms. The number of hydrogen-bond acceptors (Lipinski definition) is 4. The molecule has 0 aromatic carbocycles. The second kappa shape index (κ2) is 9.02. The molecule has 1 aliphatic rings. The third kappa shape index (κ3) is 5.67. The fourth-order valence-corrected chi connectivity index (χ4v) is 5.54. The van der Waals surface area contributed by atoms with Gasteiger partial charge in [0.2, 0.25) is 0 Å². The third-order valence-electron chi connectivity index (χ3n) is 6.33. The van der Waals surface area contributed by atoms with Crippen LogP contribution in [0.5, 0.6) is 0 Å². The summed E-state index contributed by atoms with van der Waals surface area (Å²) < 4.78 is 11.3. The van der Waals surface area contributed by atoms with Crippen molar-refractivity contribution in [3.8, 4) is 0 Å². The maximum atomic E-state index is 11.6. The van der Waals surface area contributed by atoms with Gasteiger partial charge >= 0.3 is 5.97 Å². The molecule has 0 saturated heterocycles. The molecule has 0 radical (unpaired) electrons. The van der Waals surface area contributed by atoms with Gasteiger partial charge in [0, 0.05) is 11.5 Å². The standard InChI is InChI=1S/C21H36O3SSi/c1-21(2,3)26(5,6)24-15-17-11-7-9-16(17)10-8-12-18-13-14-19(25-18)20(22)23-4/h13-14,16-17H,7-12,15H2,1-6H3/t16-,17-/m1/s1. The summed E-state index contributed by atoms with van der Waals surface area (Å²) >= 11 is 1.57. The minimum absolute atomic E-state index is 0.222. The molecule has 1 aromatic rings. The summed E-state index contributed by atoms with van der Waals surface area (Å²) in [6, 6.07) is 3.96. The number of thiophene rings is 1. The highest BCUT2D eigenvalue weighted by Gasteiger charge is 2.38.